The van der Waals surface area contributed by atoms with Gasteiger partial charge >= 0.3 is 6.03 Å². The van der Waals surface area contributed by atoms with Crippen LogP contribution in [-0.4, -0.2) is 48.1 Å². The van der Waals surface area contributed by atoms with Crippen LogP contribution < -0.4 is 10.1 Å². The fraction of sp³-hybridized carbons (Fsp3) is 0.500. The van der Waals surface area contributed by atoms with Crippen molar-refractivity contribution in [2.45, 2.75) is 63.8 Å². The zero-order valence-corrected chi connectivity index (χ0v) is 18.9. The first-order chi connectivity index (χ1) is 15.6. The Bertz CT molecular complexity index is 868. The lowest BCUT2D eigenvalue weighted by Crippen LogP contribution is -2.49. The number of urea groups is 1. The number of likely N-dealkylation sites (N-methyl/N-ethyl adjacent to an activating group) is 1. The minimum atomic E-state index is -0.262. The van der Waals surface area contributed by atoms with Crippen molar-refractivity contribution in [2.75, 3.05) is 20.1 Å². The second-order valence-electron chi connectivity index (χ2n) is 9.11. The Balaban J connectivity index is 1.36. The Labute approximate surface area is 190 Å². The molecule has 2 aromatic rings. The third kappa shape index (κ3) is 6.22. The fourth-order valence-electron chi connectivity index (χ4n) is 4.32. The average molecular weight is 440 g/mol. The molecule has 1 heterocycles. The van der Waals surface area contributed by atoms with E-state index in [1.54, 1.807) is 12.1 Å². The third-order valence-electron chi connectivity index (χ3n) is 6.65. The quantitative estimate of drug-likeness (QED) is 0.633. The summed E-state index contributed by atoms with van der Waals surface area (Å²) < 4.78 is 19.2. The number of halogens is 1. The standard InChI is InChI=1S/C26H34FN3O2/c1-29-16-3-2-5-23(29)19-30(18-21-8-12-22(27)13-9-21)26(31)28-17-20-10-14-25(15-11-20)32-24-6-4-7-24/h8-15,23-24H,2-7,16-19H2,1H3,(H,28,31). The van der Waals surface area contributed by atoms with E-state index in [1.165, 1.54) is 31.4 Å². The van der Waals surface area contributed by atoms with E-state index in [-0.39, 0.29) is 11.8 Å². The Morgan fingerprint density at radius 3 is 2.41 bits per heavy atom. The monoisotopic (exact) mass is 439 g/mol. The number of carbonyl (C=O) groups excluding carboxylic acids is 1. The molecule has 1 aliphatic heterocycles. The molecule has 1 unspecified atom stereocenters. The summed E-state index contributed by atoms with van der Waals surface area (Å²) in [6, 6.07) is 14.6. The van der Waals surface area contributed by atoms with E-state index in [0.717, 1.165) is 42.7 Å². The molecule has 2 aliphatic rings. The fourth-order valence-corrected chi connectivity index (χ4v) is 4.32. The highest BCUT2D eigenvalue weighted by Crippen LogP contribution is 2.25. The minimum absolute atomic E-state index is 0.0944. The highest BCUT2D eigenvalue weighted by atomic mass is 19.1. The van der Waals surface area contributed by atoms with Gasteiger partial charge < -0.3 is 19.9 Å². The van der Waals surface area contributed by atoms with Gasteiger partial charge in [0.05, 0.1) is 6.10 Å². The van der Waals surface area contributed by atoms with Crippen molar-refractivity contribution in [1.29, 1.82) is 0 Å². The number of piperidine rings is 1. The maximum Gasteiger partial charge on any atom is 0.318 e. The van der Waals surface area contributed by atoms with Crippen LogP contribution in [0.15, 0.2) is 48.5 Å². The smallest absolute Gasteiger partial charge is 0.318 e. The van der Waals surface area contributed by atoms with Gasteiger partial charge in [0.2, 0.25) is 0 Å². The molecule has 0 bridgehead atoms. The first-order valence-corrected chi connectivity index (χ1v) is 11.8. The van der Waals surface area contributed by atoms with Crippen LogP contribution in [0.1, 0.15) is 49.7 Å². The van der Waals surface area contributed by atoms with Gasteiger partial charge in [0.25, 0.3) is 0 Å². The molecule has 2 fully saturated rings. The van der Waals surface area contributed by atoms with E-state index < -0.39 is 0 Å². The summed E-state index contributed by atoms with van der Waals surface area (Å²) in [5.41, 5.74) is 1.97. The number of nitrogens with one attached hydrogen (secondary N) is 1. The summed E-state index contributed by atoms with van der Waals surface area (Å²) in [6.07, 6.45) is 7.37. The van der Waals surface area contributed by atoms with Crippen LogP contribution in [0, 0.1) is 5.82 Å². The number of amides is 2. The van der Waals surface area contributed by atoms with Crippen molar-refractivity contribution in [3.63, 3.8) is 0 Å². The molecule has 1 N–H and O–H groups in total. The van der Waals surface area contributed by atoms with Crippen molar-refractivity contribution in [1.82, 2.24) is 15.1 Å². The predicted octanol–water partition coefficient (Wildman–Crippen LogP) is 4.95. The molecule has 1 saturated carbocycles. The zero-order valence-electron chi connectivity index (χ0n) is 18.9. The SMILES string of the molecule is CN1CCCCC1CN(Cc1ccc(F)cc1)C(=O)NCc1ccc(OC2CCC2)cc1. The van der Waals surface area contributed by atoms with Crippen LogP contribution in [-0.2, 0) is 13.1 Å². The van der Waals surface area contributed by atoms with Crippen LogP contribution in [0.5, 0.6) is 5.75 Å². The molecule has 1 saturated heterocycles. The lowest BCUT2D eigenvalue weighted by atomic mass is 9.96. The topological polar surface area (TPSA) is 44.8 Å². The molecule has 32 heavy (non-hydrogen) atoms. The summed E-state index contributed by atoms with van der Waals surface area (Å²) >= 11 is 0. The first kappa shape index (κ1) is 22.6. The molecule has 2 amide bonds. The van der Waals surface area contributed by atoms with Crippen molar-refractivity contribution in [3.05, 3.63) is 65.5 Å². The van der Waals surface area contributed by atoms with E-state index >= 15 is 0 Å². The van der Waals surface area contributed by atoms with Gasteiger partial charge in [-0.25, -0.2) is 9.18 Å². The Morgan fingerprint density at radius 2 is 1.75 bits per heavy atom. The zero-order chi connectivity index (χ0) is 22.3. The van der Waals surface area contributed by atoms with Crippen molar-refractivity contribution < 1.29 is 13.9 Å². The maximum absolute atomic E-state index is 13.3. The molecule has 5 nitrogen and oxygen atoms in total. The number of rotatable bonds is 8. The molecule has 0 radical (unpaired) electrons. The predicted molar refractivity (Wildman–Crippen MR) is 124 cm³/mol. The van der Waals surface area contributed by atoms with Gasteiger partial charge in [-0.2, -0.15) is 0 Å². The molecular formula is C26H34FN3O2. The number of hydrogen-bond donors (Lipinski definition) is 1. The van der Waals surface area contributed by atoms with Crippen LogP contribution in [0.25, 0.3) is 0 Å². The number of carbonyl (C=O) groups is 1. The molecule has 0 aromatic heterocycles. The lowest BCUT2D eigenvalue weighted by molar-refractivity contribution is 0.120. The normalized spacial score (nSPS) is 19.2. The average Bonchev–Trinajstić information content (AvgIpc) is 2.78. The molecule has 0 spiro atoms. The van der Waals surface area contributed by atoms with Gasteiger partial charge in [0.15, 0.2) is 0 Å². The minimum Gasteiger partial charge on any atom is -0.490 e. The Kier molecular flexibility index (Phi) is 7.63. The molecule has 172 valence electrons. The third-order valence-corrected chi connectivity index (χ3v) is 6.65. The van der Waals surface area contributed by atoms with Crippen LogP contribution >= 0.6 is 0 Å². The van der Waals surface area contributed by atoms with E-state index in [9.17, 15) is 9.18 Å². The molecule has 2 aromatic carbocycles. The van der Waals surface area contributed by atoms with Gasteiger partial charge in [-0.3, -0.25) is 0 Å². The van der Waals surface area contributed by atoms with E-state index in [0.29, 0.717) is 31.8 Å². The molecular weight excluding hydrogens is 405 g/mol. The summed E-state index contributed by atoms with van der Waals surface area (Å²) in [5, 5.41) is 3.07. The maximum atomic E-state index is 13.3. The highest BCUT2D eigenvalue weighted by Gasteiger charge is 2.24. The first-order valence-electron chi connectivity index (χ1n) is 11.8. The van der Waals surface area contributed by atoms with Gasteiger partial charge in [0, 0.05) is 25.7 Å². The summed E-state index contributed by atoms with van der Waals surface area (Å²) in [4.78, 5) is 17.3. The number of ether oxygens (including phenoxy) is 1. The number of nitrogens with zero attached hydrogens (tertiary/aromatic N) is 2. The largest absolute Gasteiger partial charge is 0.490 e. The summed E-state index contributed by atoms with van der Waals surface area (Å²) in [5.74, 6) is 0.629. The van der Waals surface area contributed by atoms with Gasteiger partial charge in [-0.05, 0) is 81.1 Å². The lowest BCUT2D eigenvalue weighted by Gasteiger charge is -2.36. The highest BCUT2D eigenvalue weighted by molar-refractivity contribution is 5.74. The number of likely N-dealkylation sites (tertiary alicyclic amines) is 1. The van der Waals surface area contributed by atoms with E-state index in [1.807, 2.05) is 29.2 Å². The van der Waals surface area contributed by atoms with E-state index in [2.05, 4.69) is 17.3 Å². The van der Waals surface area contributed by atoms with Crippen molar-refractivity contribution in [3.8, 4) is 5.75 Å². The number of hydrogen-bond acceptors (Lipinski definition) is 3. The Morgan fingerprint density at radius 1 is 1.03 bits per heavy atom. The van der Waals surface area contributed by atoms with Crippen LogP contribution in [0.3, 0.4) is 0 Å². The van der Waals surface area contributed by atoms with Crippen molar-refractivity contribution in [2.24, 2.45) is 0 Å². The van der Waals surface area contributed by atoms with Crippen molar-refractivity contribution >= 4 is 6.03 Å². The molecule has 1 atom stereocenters. The number of benzene rings is 2. The Hall–Kier alpha value is -2.60. The second kappa shape index (κ2) is 10.8. The van der Waals surface area contributed by atoms with Gasteiger partial charge in [-0.15, -0.1) is 0 Å². The second-order valence-corrected chi connectivity index (χ2v) is 9.11. The molecule has 1 aliphatic carbocycles. The summed E-state index contributed by atoms with van der Waals surface area (Å²) in [7, 11) is 2.13. The molecule has 4 rings (SSSR count). The summed E-state index contributed by atoms with van der Waals surface area (Å²) in [6.45, 7) is 2.65. The van der Waals surface area contributed by atoms with Crippen LogP contribution in [0.4, 0.5) is 9.18 Å². The van der Waals surface area contributed by atoms with Crippen LogP contribution in [0.2, 0.25) is 0 Å². The van der Waals surface area contributed by atoms with Gasteiger partial charge in [-0.1, -0.05) is 30.7 Å². The molecule has 6 heteroatoms. The van der Waals surface area contributed by atoms with E-state index in [4.69, 9.17) is 4.74 Å². The van der Waals surface area contributed by atoms with Gasteiger partial charge in [0.1, 0.15) is 11.6 Å².